The van der Waals surface area contributed by atoms with Crippen LogP contribution in [0.15, 0.2) is 18.2 Å². The Morgan fingerprint density at radius 3 is 2.22 bits per heavy atom. The van der Waals surface area contributed by atoms with Crippen LogP contribution in [0.4, 0.5) is 0 Å². The summed E-state index contributed by atoms with van der Waals surface area (Å²) in [7, 11) is 0. The number of hydrogen-bond acceptors (Lipinski definition) is 4. The molecule has 2 N–H and O–H groups in total. The third-order valence-electron chi connectivity index (χ3n) is 3.14. The normalized spacial score (nSPS) is 11.6. The largest absolute Gasteiger partial charge is 0.490 e. The summed E-state index contributed by atoms with van der Waals surface area (Å²) in [5.74, 6) is -0.410. The number of carbonyl (C=O) groups excluding carboxylic acids is 1. The van der Waals surface area contributed by atoms with Crippen molar-refractivity contribution in [2.45, 2.75) is 46.1 Å². The maximum atomic E-state index is 12.2. The van der Waals surface area contributed by atoms with Crippen LogP contribution in [0.3, 0.4) is 0 Å². The van der Waals surface area contributed by atoms with Crippen LogP contribution >= 0.6 is 0 Å². The molecule has 128 valence electrons. The number of hydrogen-bond donors (Lipinski definition) is 2. The van der Waals surface area contributed by atoms with E-state index in [2.05, 4.69) is 5.32 Å². The highest BCUT2D eigenvalue weighted by molar-refractivity contribution is 5.97. The van der Waals surface area contributed by atoms with Gasteiger partial charge in [0.2, 0.25) is 0 Å². The summed E-state index contributed by atoms with van der Waals surface area (Å²) < 4.78 is 11.2. The average molecular weight is 323 g/mol. The minimum Gasteiger partial charge on any atom is -0.490 e. The molecule has 0 aliphatic carbocycles. The zero-order chi connectivity index (χ0) is 17.2. The van der Waals surface area contributed by atoms with Crippen molar-refractivity contribution < 1.29 is 24.2 Å². The van der Waals surface area contributed by atoms with E-state index in [1.807, 2.05) is 13.8 Å². The van der Waals surface area contributed by atoms with Crippen molar-refractivity contribution in [2.24, 2.45) is 0 Å². The molecule has 0 saturated carbocycles. The molecule has 0 aliphatic rings. The van der Waals surface area contributed by atoms with Crippen molar-refractivity contribution >= 4 is 11.9 Å². The van der Waals surface area contributed by atoms with Crippen molar-refractivity contribution in [3.63, 3.8) is 0 Å². The molecule has 1 unspecified atom stereocenters. The first kappa shape index (κ1) is 18.8. The Balaban J connectivity index is 2.93. The smallest absolute Gasteiger partial charge is 0.326 e. The molecule has 0 bridgehead atoms. The summed E-state index contributed by atoms with van der Waals surface area (Å²) in [5.41, 5.74) is 0.347. The van der Waals surface area contributed by atoms with E-state index in [-0.39, 0.29) is 0 Å². The molecular formula is C17H25NO5. The van der Waals surface area contributed by atoms with Crippen molar-refractivity contribution in [3.05, 3.63) is 23.8 Å². The first-order valence-electron chi connectivity index (χ1n) is 7.96. The number of aliphatic carboxylic acids is 1. The van der Waals surface area contributed by atoms with Crippen LogP contribution in [0, 0.1) is 0 Å². The molecule has 1 aromatic rings. The Morgan fingerprint density at radius 1 is 1.09 bits per heavy atom. The zero-order valence-electron chi connectivity index (χ0n) is 13.9. The third kappa shape index (κ3) is 5.81. The Morgan fingerprint density at radius 2 is 1.70 bits per heavy atom. The van der Waals surface area contributed by atoms with Crippen LogP contribution < -0.4 is 14.8 Å². The molecule has 0 fully saturated rings. The van der Waals surface area contributed by atoms with Crippen LogP contribution in [0.2, 0.25) is 0 Å². The number of ether oxygens (including phenoxy) is 2. The Kier molecular flexibility index (Phi) is 7.94. The first-order chi connectivity index (χ1) is 11.0. The summed E-state index contributed by atoms with van der Waals surface area (Å²) in [6.45, 7) is 6.77. The van der Waals surface area contributed by atoms with Gasteiger partial charge in [0.05, 0.1) is 13.2 Å². The summed E-state index contributed by atoms with van der Waals surface area (Å²) >= 11 is 0. The molecular weight excluding hydrogens is 298 g/mol. The molecule has 1 rings (SSSR count). The van der Waals surface area contributed by atoms with Gasteiger partial charge < -0.3 is 19.9 Å². The number of carbonyl (C=O) groups is 2. The molecule has 1 amide bonds. The lowest BCUT2D eigenvalue weighted by atomic mass is 10.1. The van der Waals surface area contributed by atoms with Crippen LogP contribution in [0.1, 0.15) is 50.4 Å². The van der Waals surface area contributed by atoms with Gasteiger partial charge in [-0.25, -0.2) is 4.79 Å². The summed E-state index contributed by atoms with van der Waals surface area (Å²) in [6.07, 6.45) is 2.02. The van der Waals surface area contributed by atoms with Crippen LogP contribution in [0.25, 0.3) is 0 Å². The van der Waals surface area contributed by atoms with E-state index in [1.165, 1.54) is 0 Å². The molecule has 23 heavy (non-hydrogen) atoms. The molecule has 1 atom stereocenters. The fraction of sp³-hybridized carbons (Fsp3) is 0.529. The average Bonchev–Trinajstić information content (AvgIpc) is 2.55. The van der Waals surface area contributed by atoms with Gasteiger partial charge in [0.15, 0.2) is 11.5 Å². The van der Waals surface area contributed by atoms with Crippen molar-refractivity contribution in [2.75, 3.05) is 13.2 Å². The van der Waals surface area contributed by atoms with Crippen molar-refractivity contribution in [3.8, 4) is 11.5 Å². The van der Waals surface area contributed by atoms with Crippen LogP contribution in [-0.2, 0) is 4.79 Å². The van der Waals surface area contributed by atoms with E-state index < -0.39 is 17.9 Å². The fourth-order valence-corrected chi connectivity index (χ4v) is 1.89. The quantitative estimate of drug-likeness (QED) is 0.691. The maximum Gasteiger partial charge on any atom is 0.326 e. The molecule has 0 spiro atoms. The highest BCUT2D eigenvalue weighted by Gasteiger charge is 2.19. The standard InChI is InChI=1S/C17H25NO5/c1-4-9-22-14-8-7-12(11-15(14)23-10-5-2)16(19)18-13(6-3)17(20)21/h7-8,11,13H,4-6,9-10H2,1-3H3,(H,18,19)(H,20,21). The van der Waals surface area contributed by atoms with E-state index in [9.17, 15) is 9.59 Å². The molecule has 0 heterocycles. The van der Waals surface area contributed by atoms with Gasteiger partial charge in [-0.1, -0.05) is 20.8 Å². The Bertz CT molecular complexity index is 530. The van der Waals surface area contributed by atoms with Crippen LogP contribution in [0.5, 0.6) is 11.5 Å². The van der Waals surface area contributed by atoms with Crippen molar-refractivity contribution in [1.82, 2.24) is 5.32 Å². The summed E-state index contributed by atoms with van der Waals surface area (Å²) in [4.78, 5) is 23.2. The van der Waals surface area contributed by atoms with Crippen molar-refractivity contribution in [1.29, 1.82) is 0 Å². The highest BCUT2D eigenvalue weighted by Crippen LogP contribution is 2.29. The number of amides is 1. The molecule has 6 heteroatoms. The lowest BCUT2D eigenvalue weighted by molar-refractivity contribution is -0.139. The zero-order valence-corrected chi connectivity index (χ0v) is 13.9. The summed E-state index contributed by atoms with van der Waals surface area (Å²) in [5, 5.41) is 11.5. The molecule has 0 saturated heterocycles. The molecule has 1 aromatic carbocycles. The van der Waals surface area contributed by atoms with Gasteiger partial charge in [-0.05, 0) is 37.5 Å². The van der Waals surface area contributed by atoms with Gasteiger partial charge in [-0.2, -0.15) is 0 Å². The second-order valence-electron chi connectivity index (χ2n) is 5.13. The number of benzene rings is 1. The maximum absolute atomic E-state index is 12.2. The summed E-state index contributed by atoms with van der Waals surface area (Å²) in [6, 6.07) is 3.97. The van der Waals surface area contributed by atoms with E-state index in [4.69, 9.17) is 14.6 Å². The lowest BCUT2D eigenvalue weighted by Crippen LogP contribution is -2.40. The number of nitrogens with one attached hydrogen (secondary N) is 1. The Labute approximate surface area is 136 Å². The number of rotatable bonds is 10. The number of carboxylic acids is 1. The third-order valence-corrected chi connectivity index (χ3v) is 3.14. The second kappa shape index (κ2) is 9.71. The first-order valence-corrected chi connectivity index (χ1v) is 7.96. The minimum absolute atomic E-state index is 0.317. The van der Waals surface area contributed by atoms with Gasteiger partial charge in [-0.15, -0.1) is 0 Å². The molecule has 0 aliphatic heterocycles. The van der Waals surface area contributed by atoms with Gasteiger partial charge in [-0.3, -0.25) is 4.79 Å². The van der Waals surface area contributed by atoms with E-state index >= 15 is 0 Å². The molecule has 0 radical (unpaired) electrons. The SMILES string of the molecule is CCCOc1ccc(C(=O)NC(CC)C(=O)O)cc1OCCC. The lowest BCUT2D eigenvalue weighted by Gasteiger charge is -2.15. The fourth-order valence-electron chi connectivity index (χ4n) is 1.89. The Hall–Kier alpha value is -2.24. The topological polar surface area (TPSA) is 84.9 Å². The molecule has 6 nitrogen and oxygen atoms in total. The van der Waals surface area contributed by atoms with Gasteiger partial charge in [0.25, 0.3) is 5.91 Å². The van der Waals surface area contributed by atoms with Gasteiger partial charge in [0, 0.05) is 5.56 Å². The molecule has 0 aromatic heterocycles. The number of carboxylic acid groups (broad SMARTS) is 1. The second-order valence-corrected chi connectivity index (χ2v) is 5.13. The predicted molar refractivity (Wildman–Crippen MR) is 87.2 cm³/mol. The van der Waals surface area contributed by atoms with E-state index in [0.717, 1.165) is 12.8 Å². The van der Waals surface area contributed by atoms with Gasteiger partial charge >= 0.3 is 5.97 Å². The predicted octanol–water partition coefficient (Wildman–Crippen LogP) is 2.86. The highest BCUT2D eigenvalue weighted by atomic mass is 16.5. The van der Waals surface area contributed by atoms with E-state index in [0.29, 0.717) is 36.7 Å². The van der Waals surface area contributed by atoms with Crippen LogP contribution in [-0.4, -0.2) is 36.2 Å². The van der Waals surface area contributed by atoms with E-state index in [1.54, 1.807) is 25.1 Å². The minimum atomic E-state index is -1.05. The van der Waals surface area contributed by atoms with Gasteiger partial charge in [0.1, 0.15) is 6.04 Å². The monoisotopic (exact) mass is 323 g/mol.